The summed E-state index contributed by atoms with van der Waals surface area (Å²) in [6, 6.07) is 24.8. The number of benzene rings is 3. The molecule has 1 aliphatic rings. The van der Waals surface area contributed by atoms with Crippen molar-refractivity contribution in [1.29, 1.82) is 0 Å². The highest BCUT2D eigenvalue weighted by Crippen LogP contribution is 2.56. The Balaban J connectivity index is 1.85. The Labute approximate surface area is 152 Å². The van der Waals surface area contributed by atoms with Crippen molar-refractivity contribution in [2.24, 2.45) is 0 Å². The molecular weight excluding hydrogens is 347 g/mol. The van der Waals surface area contributed by atoms with Crippen molar-refractivity contribution in [3.8, 4) is 11.8 Å². The molecule has 3 aromatic rings. The maximum absolute atomic E-state index is 14.1. The van der Waals surface area contributed by atoms with Crippen LogP contribution in [0, 0.1) is 11.8 Å². The number of hydrogen-bond acceptors (Lipinski definition) is 1. The molecule has 0 fully saturated rings. The monoisotopic (exact) mass is 360 g/mol. The van der Waals surface area contributed by atoms with Gasteiger partial charge < -0.3 is 4.57 Å². The third-order valence-corrected chi connectivity index (χ3v) is 7.49. The van der Waals surface area contributed by atoms with Gasteiger partial charge in [0.2, 0.25) is 0 Å². The molecule has 1 nitrogen and oxygen atoms in total. The van der Waals surface area contributed by atoms with E-state index in [0.29, 0.717) is 10.3 Å². The zero-order valence-electron chi connectivity index (χ0n) is 13.3. The molecule has 1 unspecified atom stereocenters. The van der Waals surface area contributed by atoms with E-state index in [-0.39, 0.29) is 0 Å². The first-order valence-corrected chi connectivity index (χ1v) is 10.0. The maximum atomic E-state index is 14.1. The van der Waals surface area contributed by atoms with Crippen molar-refractivity contribution in [3.63, 3.8) is 0 Å². The van der Waals surface area contributed by atoms with Gasteiger partial charge in [-0.1, -0.05) is 78.0 Å². The Bertz CT molecular complexity index is 1070. The van der Waals surface area contributed by atoms with Gasteiger partial charge in [-0.25, -0.2) is 0 Å². The van der Waals surface area contributed by atoms with Gasteiger partial charge in [0.05, 0.1) is 5.31 Å². The lowest BCUT2D eigenvalue weighted by molar-refractivity contribution is 0.591. The van der Waals surface area contributed by atoms with Crippen LogP contribution in [0.2, 0.25) is 5.02 Å². The third kappa shape index (κ3) is 2.85. The molecule has 0 aliphatic carbocycles. The Morgan fingerprint density at radius 3 is 2.20 bits per heavy atom. The molecule has 0 amide bonds. The van der Waals surface area contributed by atoms with Crippen LogP contribution in [0.25, 0.3) is 6.08 Å². The van der Waals surface area contributed by atoms with E-state index in [2.05, 4.69) is 11.8 Å². The van der Waals surface area contributed by atoms with E-state index in [0.717, 1.165) is 21.7 Å². The zero-order valence-corrected chi connectivity index (χ0v) is 15.0. The molecule has 4 rings (SSSR count). The first-order chi connectivity index (χ1) is 12.2. The third-order valence-electron chi connectivity index (χ3n) is 4.21. The van der Waals surface area contributed by atoms with Crippen molar-refractivity contribution >= 4 is 35.4 Å². The minimum atomic E-state index is -2.91. The van der Waals surface area contributed by atoms with Gasteiger partial charge in [-0.2, -0.15) is 0 Å². The number of fused-ring (bicyclic) bond motifs is 1. The van der Waals surface area contributed by atoms with E-state index in [9.17, 15) is 4.57 Å². The van der Waals surface area contributed by atoms with E-state index in [4.69, 9.17) is 11.6 Å². The topological polar surface area (TPSA) is 17.1 Å². The number of allylic oxidation sites excluding steroid dienone is 1. The first kappa shape index (κ1) is 16.0. The molecule has 0 bridgehead atoms. The summed E-state index contributed by atoms with van der Waals surface area (Å²) in [7, 11) is -2.91. The van der Waals surface area contributed by atoms with Crippen LogP contribution in [-0.2, 0) is 4.57 Å². The van der Waals surface area contributed by atoms with Gasteiger partial charge in [0.15, 0.2) is 7.14 Å². The quantitative estimate of drug-likeness (QED) is 0.438. The van der Waals surface area contributed by atoms with Crippen LogP contribution in [-0.4, -0.2) is 0 Å². The minimum absolute atomic E-state index is 0.674. The molecule has 0 radical (unpaired) electrons. The SMILES string of the molecule is O=P1(c2ccccc2)C(C#Cc2ccc(Cl)cc2)=Cc2ccccc21. The zero-order chi connectivity index (χ0) is 17.3. The molecule has 25 heavy (non-hydrogen) atoms. The van der Waals surface area contributed by atoms with Gasteiger partial charge in [0.25, 0.3) is 0 Å². The minimum Gasteiger partial charge on any atom is -0.308 e. The molecule has 0 N–H and O–H groups in total. The number of halogens is 1. The van der Waals surface area contributed by atoms with Crippen LogP contribution in [0.1, 0.15) is 11.1 Å². The van der Waals surface area contributed by atoms with Crippen LogP contribution in [0.4, 0.5) is 0 Å². The molecule has 1 heterocycles. The lowest BCUT2D eigenvalue weighted by atomic mass is 10.2. The molecule has 0 aromatic heterocycles. The summed E-state index contributed by atoms with van der Waals surface area (Å²) >= 11 is 5.92. The van der Waals surface area contributed by atoms with Crippen LogP contribution in [0.5, 0.6) is 0 Å². The standard InChI is InChI=1S/C22H14ClOP/c23-19-13-10-17(11-14-19)12-15-21-16-18-6-4-5-9-22(18)25(21,24)20-7-2-1-3-8-20/h1-11,13-14,16H. The second kappa shape index (κ2) is 6.41. The largest absolute Gasteiger partial charge is 0.308 e. The summed E-state index contributed by atoms with van der Waals surface area (Å²) in [6.45, 7) is 0. The van der Waals surface area contributed by atoms with E-state index < -0.39 is 7.14 Å². The Morgan fingerprint density at radius 1 is 0.760 bits per heavy atom. The summed E-state index contributed by atoms with van der Waals surface area (Å²) < 4.78 is 14.1. The van der Waals surface area contributed by atoms with Crippen molar-refractivity contribution in [2.75, 3.05) is 0 Å². The molecule has 1 aliphatic heterocycles. The van der Waals surface area contributed by atoms with E-state index >= 15 is 0 Å². The van der Waals surface area contributed by atoms with Crippen LogP contribution >= 0.6 is 18.7 Å². The highest BCUT2D eigenvalue weighted by molar-refractivity contribution is 7.83. The highest BCUT2D eigenvalue weighted by atomic mass is 35.5. The maximum Gasteiger partial charge on any atom is 0.179 e. The second-order valence-electron chi connectivity index (χ2n) is 5.79. The fraction of sp³-hybridized carbons (Fsp3) is 0. The predicted molar refractivity (Wildman–Crippen MR) is 106 cm³/mol. The lowest BCUT2D eigenvalue weighted by Crippen LogP contribution is -2.15. The van der Waals surface area contributed by atoms with Gasteiger partial charge in [-0.3, -0.25) is 0 Å². The summed E-state index contributed by atoms with van der Waals surface area (Å²) in [5, 5.41) is 3.03. The van der Waals surface area contributed by atoms with E-state index in [1.54, 1.807) is 12.1 Å². The summed E-state index contributed by atoms with van der Waals surface area (Å²) in [6.07, 6.45) is 1.95. The van der Waals surface area contributed by atoms with Crippen molar-refractivity contribution in [2.45, 2.75) is 0 Å². The molecule has 120 valence electrons. The molecule has 0 spiro atoms. The smallest absolute Gasteiger partial charge is 0.179 e. The Morgan fingerprint density at radius 2 is 1.44 bits per heavy atom. The number of hydrogen-bond donors (Lipinski definition) is 0. The summed E-state index contributed by atoms with van der Waals surface area (Å²) in [4.78, 5) is 0. The van der Waals surface area contributed by atoms with Gasteiger partial charge in [0, 0.05) is 21.2 Å². The van der Waals surface area contributed by atoms with Crippen molar-refractivity contribution in [3.05, 3.63) is 100 Å². The summed E-state index contributed by atoms with van der Waals surface area (Å²) in [5.41, 5.74) is 1.83. The Kier molecular flexibility index (Phi) is 4.10. The molecular formula is C22H14ClOP. The van der Waals surface area contributed by atoms with Crippen molar-refractivity contribution in [1.82, 2.24) is 0 Å². The van der Waals surface area contributed by atoms with Gasteiger partial charge in [-0.15, -0.1) is 0 Å². The van der Waals surface area contributed by atoms with Gasteiger partial charge >= 0.3 is 0 Å². The van der Waals surface area contributed by atoms with Crippen LogP contribution in [0.15, 0.2) is 84.2 Å². The lowest BCUT2D eigenvalue weighted by Gasteiger charge is -2.15. The average molecular weight is 361 g/mol. The van der Waals surface area contributed by atoms with E-state index in [1.165, 1.54) is 0 Å². The Hall–Kier alpha value is -2.52. The fourth-order valence-corrected chi connectivity index (χ4v) is 5.83. The normalized spacial score (nSPS) is 18.0. The van der Waals surface area contributed by atoms with Crippen molar-refractivity contribution < 1.29 is 4.57 Å². The van der Waals surface area contributed by atoms with Crippen LogP contribution < -0.4 is 10.6 Å². The molecule has 3 heteroatoms. The molecule has 0 saturated heterocycles. The molecule has 3 aromatic carbocycles. The highest BCUT2D eigenvalue weighted by Gasteiger charge is 2.37. The van der Waals surface area contributed by atoms with Gasteiger partial charge in [0.1, 0.15) is 0 Å². The van der Waals surface area contributed by atoms with E-state index in [1.807, 2.05) is 72.8 Å². The first-order valence-electron chi connectivity index (χ1n) is 7.93. The predicted octanol–water partition coefficient (Wildman–Crippen LogP) is 5.06. The van der Waals surface area contributed by atoms with Gasteiger partial charge in [-0.05, 0) is 35.9 Å². The average Bonchev–Trinajstić information content (AvgIpc) is 2.95. The molecule has 1 atom stereocenters. The second-order valence-corrected chi connectivity index (χ2v) is 8.93. The van der Waals surface area contributed by atoms with Crippen LogP contribution in [0.3, 0.4) is 0 Å². The fourth-order valence-electron chi connectivity index (χ4n) is 2.96. The molecule has 0 saturated carbocycles. The number of rotatable bonds is 1. The summed E-state index contributed by atoms with van der Waals surface area (Å²) in [5.74, 6) is 6.28.